The molecule has 5 N–H and O–H groups in total. The predicted molar refractivity (Wildman–Crippen MR) is 175 cm³/mol. The Labute approximate surface area is 272 Å². The molecule has 12 nitrogen and oxygen atoms in total. The highest BCUT2D eigenvalue weighted by Gasteiger charge is 2.16. The smallest absolute Gasteiger partial charge is 0.407 e. The molecular weight excluding hydrogens is 603 g/mol. The van der Waals surface area contributed by atoms with Gasteiger partial charge in [0, 0.05) is 18.8 Å². The Bertz CT molecular complexity index is 1670. The Kier molecular flexibility index (Phi) is 12.6. The van der Waals surface area contributed by atoms with Gasteiger partial charge in [0.25, 0.3) is 11.8 Å². The molecule has 13 heteroatoms. The van der Waals surface area contributed by atoms with Gasteiger partial charge in [-0.2, -0.15) is 0 Å². The van der Waals surface area contributed by atoms with E-state index >= 15 is 0 Å². The van der Waals surface area contributed by atoms with Crippen LogP contribution in [0.2, 0.25) is 0 Å². The monoisotopic (exact) mass is 636 g/mol. The Balaban J connectivity index is 1.23. The van der Waals surface area contributed by atoms with Crippen LogP contribution in [0.3, 0.4) is 0 Å². The molecule has 0 unspecified atom stereocenters. The molecule has 0 fully saturated rings. The Morgan fingerprint density at radius 2 is 1.28 bits per heavy atom. The van der Waals surface area contributed by atoms with E-state index < -0.39 is 23.7 Å². The number of benzene rings is 4. The van der Waals surface area contributed by atoms with E-state index in [0.29, 0.717) is 18.1 Å². The minimum atomic E-state index is -0.822. The molecule has 4 amide bonds. The molecule has 2 radical (unpaired) electrons. The number of hydrogen-bond acceptors (Lipinski definition) is 8. The molecule has 0 bridgehead atoms. The summed E-state index contributed by atoms with van der Waals surface area (Å²) in [5.74, 6) is -1.34. The van der Waals surface area contributed by atoms with E-state index in [9.17, 15) is 24.3 Å². The first-order chi connectivity index (χ1) is 22.8. The predicted octanol–water partition coefficient (Wildman–Crippen LogP) is 4.14. The van der Waals surface area contributed by atoms with E-state index in [2.05, 4.69) is 21.3 Å². The maximum absolute atomic E-state index is 13.2. The van der Waals surface area contributed by atoms with E-state index in [1.165, 1.54) is 18.2 Å². The van der Waals surface area contributed by atoms with Gasteiger partial charge in [0.15, 0.2) is 5.81 Å². The summed E-state index contributed by atoms with van der Waals surface area (Å²) in [5.41, 5.74) is 2.32. The molecule has 47 heavy (non-hydrogen) atoms. The summed E-state index contributed by atoms with van der Waals surface area (Å²) < 4.78 is 16.9. The molecule has 0 aliphatic rings. The van der Waals surface area contributed by atoms with Gasteiger partial charge in [-0.25, -0.2) is 4.79 Å². The zero-order chi connectivity index (χ0) is 33.4. The number of carbonyl (C=O) groups is 4. The second-order valence-corrected chi connectivity index (χ2v) is 10.0. The second kappa shape index (κ2) is 17.5. The van der Waals surface area contributed by atoms with Crippen LogP contribution >= 0.6 is 0 Å². The molecule has 0 aromatic heterocycles. The number of rotatable bonds is 15. The summed E-state index contributed by atoms with van der Waals surface area (Å²) >= 11 is 0. The lowest BCUT2D eigenvalue weighted by atomic mass is 10.1. The summed E-state index contributed by atoms with van der Waals surface area (Å²) in [6.45, 7) is 0.527. The van der Waals surface area contributed by atoms with E-state index in [0.717, 1.165) is 11.1 Å². The largest absolute Gasteiger partial charge is 0.507 e. The number of aromatic hydroxyl groups is 1. The first-order valence-corrected chi connectivity index (χ1v) is 14.6. The number of carbonyl (C=O) groups excluding carboxylic acids is 4. The van der Waals surface area contributed by atoms with Crippen molar-refractivity contribution < 1.29 is 38.5 Å². The van der Waals surface area contributed by atoms with Gasteiger partial charge in [0.05, 0.1) is 17.7 Å². The van der Waals surface area contributed by atoms with Crippen LogP contribution in [-0.2, 0) is 18.0 Å². The standard InChI is InChI=1S/C34H33BN4O8/c35-33(43)39-25-11-13-29(40)27(19-25)31(41)37-17-18-45-34(44)38-16-15-36-32(42)28-20-26(46-21-23-7-3-1-4-8-23)12-14-30(28)47-22-24-9-5-2-6-10-24/h1-14,19-20,40H,15-18,21-22H2,(H,36,42)(H,37,41)(H,38,44)(H,39,43). The van der Waals surface area contributed by atoms with Gasteiger partial charge in [0.2, 0.25) is 7.85 Å². The van der Waals surface area contributed by atoms with Crippen molar-refractivity contribution >= 4 is 37.2 Å². The number of alkyl carbamates (subject to hydrolysis) is 1. The van der Waals surface area contributed by atoms with Gasteiger partial charge in [0.1, 0.15) is 37.1 Å². The van der Waals surface area contributed by atoms with Crippen molar-refractivity contribution in [1.82, 2.24) is 16.0 Å². The van der Waals surface area contributed by atoms with Crippen molar-refractivity contribution in [2.75, 3.05) is 31.6 Å². The Morgan fingerprint density at radius 3 is 1.96 bits per heavy atom. The molecule has 4 aromatic carbocycles. The first kappa shape index (κ1) is 33.9. The van der Waals surface area contributed by atoms with Crippen molar-refractivity contribution in [2.45, 2.75) is 13.2 Å². The number of ether oxygens (including phenoxy) is 3. The fourth-order valence-corrected chi connectivity index (χ4v) is 4.21. The number of amides is 4. The number of hydrogen-bond donors (Lipinski definition) is 5. The van der Waals surface area contributed by atoms with Crippen LogP contribution in [0, 0.1) is 0 Å². The minimum Gasteiger partial charge on any atom is -0.507 e. The van der Waals surface area contributed by atoms with E-state index in [1.807, 2.05) is 60.7 Å². The molecule has 4 aromatic rings. The molecular formula is C34H33BN4O8. The third-order valence-corrected chi connectivity index (χ3v) is 6.49. The lowest BCUT2D eigenvalue weighted by Crippen LogP contribution is -2.36. The number of phenols is 1. The molecule has 0 atom stereocenters. The fraction of sp³-hybridized carbons (Fsp3) is 0.176. The van der Waals surface area contributed by atoms with Gasteiger partial charge in [-0.15, -0.1) is 0 Å². The maximum Gasteiger partial charge on any atom is 0.407 e. The Hall–Kier alpha value is -5.98. The molecule has 0 aliphatic carbocycles. The van der Waals surface area contributed by atoms with Gasteiger partial charge >= 0.3 is 6.09 Å². The van der Waals surface area contributed by atoms with Crippen LogP contribution in [0.4, 0.5) is 15.3 Å². The van der Waals surface area contributed by atoms with Crippen molar-refractivity contribution in [3.05, 3.63) is 119 Å². The molecule has 0 saturated carbocycles. The van der Waals surface area contributed by atoms with Gasteiger partial charge < -0.3 is 40.6 Å². The third-order valence-electron chi connectivity index (χ3n) is 6.49. The second-order valence-electron chi connectivity index (χ2n) is 10.0. The number of anilines is 1. The number of nitrogens with one attached hydrogen (secondary N) is 4. The fourth-order valence-electron chi connectivity index (χ4n) is 4.21. The highest BCUT2D eigenvalue weighted by atomic mass is 16.5. The summed E-state index contributed by atoms with van der Waals surface area (Å²) in [7, 11) is 5.07. The normalized spacial score (nSPS) is 10.3. The third kappa shape index (κ3) is 11.2. The van der Waals surface area contributed by atoms with Crippen LogP contribution < -0.4 is 30.7 Å². The minimum absolute atomic E-state index is 0.0512. The van der Waals surface area contributed by atoms with Crippen LogP contribution in [0.1, 0.15) is 31.8 Å². The quantitative estimate of drug-likeness (QED) is 0.0739. The van der Waals surface area contributed by atoms with Gasteiger partial charge in [-0.1, -0.05) is 60.7 Å². The van der Waals surface area contributed by atoms with Crippen molar-refractivity contribution in [1.29, 1.82) is 0 Å². The molecule has 0 aliphatic heterocycles. The summed E-state index contributed by atoms with van der Waals surface area (Å²) in [6.07, 6.45) is -0.757. The van der Waals surface area contributed by atoms with Gasteiger partial charge in [-0.05, 0) is 47.5 Å². The zero-order valence-corrected chi connectivity index (χ0v) is 25.4. The highest BCUT2D eigenvalue weighted by Crippen LogP contribution is 2.26. The molecule has 0 heterocycles. The molecule has 0 spiro atoms. The lowest BCUT2D eigenvalue weighted by molar-refractivity contribution is 0.0931. The van der Waals surface area contributed by atoms with Crippen molar-refractivity contribution in [3.63, 3.8) is 0 Å². The van der Waals surface area contributed by atoms with Crippen molar-refractivity contribution in [3.8, 4) is 17.2 Å². The average Bonchev–Trinajstić information content (AvgIpc) is 3.08. The molecule has 0 saturated heterocycles. The van der Waals surface area contributed by atoms with Gasteiger partial charge in [-0.3, -0.25) is 14.4 Å². The van der Waals surface area contributed by atoms with E-state index in [-0.39, 0.29) is 55.4 Å². The summed E-state index contributed by atoms with van der Waals surface area (Å²) in [5, 5.41) is 20.0. The van der Waals surface area contributed by atoms with Crippen LogP contribution in [-0.4, -0.2) is 62.9 Å². The molecule has 240 valence electrons. The SMILES string of the molecule is [B]C(=O)Nc1ccc(O)c(C(=O)NCCOC(=O)NCCNC(=O)c2cc(OCc3ccccc3)ccc2OCc2ccccc2)c1. The topological polar surface area (TPSA) is 164 Å². The summed E-state index contributed by atoms with van der Waals surface area (Å²) in [4.78, 5) is 48.7. The Morgan fingerprint density at radius 1 is 0.660 bits per heavy atom. The highest BCUT2D eigenvalue weighted by molar-refractivity contribution is 6.60. The van der Waals surface area contributed by atoms with E-state index in [1.54, 1.807) is 18.2 Å². The van der Waals surface area contributed by atoms with Crippen molar-refractivity contribution in [2.24, 2.45) is 0 Å². The zero-order valence-electron chi connectivity index (χ0n) is 25.4. The maximum atomic E-state index is 13.2. The average molecular weight is 636 g/mol. The van der Waals surface area contributed by atoms with Crippen LogP contribution in [0.5, 0.6) is 17.2 Å². The lowest BCUT2D eigenvalue weighted by Gasteiger charge is -2.14. The molecule has 4 rings (SSSR count). The van der Waals surface area contributed by atoms with Crippen LogP contribution in [0.15, 0.2) is 97.1 Å². The number of phenolic OH excluding ortho intramolecular Hbond substituents is 1. The van der Waals surface area contributed by atoms with E-state index in [4.69, 9.17) is 22.1 Å². The summed E-state index contributed by atoms with van der Waals surface area (Å²) in [6, 6.07) is 28.1. The van der Waals surface area contributed by atoms with Crippen LogP contribution in [0.25, 0.3) is 0 Å². The first-order valence-electron chi connectivity index (χ1n) is 14.6.